The number of hydrogen-bond donors (Lipinski definition) is 1. The second-order valence-electron chi connectivity index (χ2n) is 5.54. The van der Waals surface area contributed by atoms with Gasteiger partial charge in [0, 0.05) is 16.8 Å². The number of nitrogens with one attached hydrogen (secondary N) is 1. The quantitative estimate of drug-likeness (QED) is 0.650. The molecule has 1 amide bonds. The molecule has 0 aliphatic heterocycles. The second-order valence-corrected chi connectivity index (χ2v) is 7.01. The fourth-order valence-corrected chi connectivity index (χ4v) is 3.26. The number of halogens is 1. The number of hydrogen-bond acceptors (Lipinski definition) is 5. The maximum Gasteiger partial charge on any atom is 0.245 e. The third kappa shape index (κ3) is 4.97. The molecule has 0 spiro atoms. The van der Waals surface area contributed by atoms with E-state index in [2.05, 4.69) is 16.4 Å². The molecule has 0 saturated heterocycles. The summed E-state index contributed by atoms with van der Waals surface area (Å²) in [7, 11) is 1.63. The Morgan fingerprint density at radius 2 is 2.04 bits per heavy atom. The number of rotatable bonds is 7. The lowest BCUT2D eigenvalue weighted by Gasteiger charge is -2.24. The molecule has 0 radical (unpaired) electrons. The summed E-state index contributed by atoms with van der Waals surface area (Å²) in [6.07, 6.45) is 1.50. The van der Waals surface area contributed by atoms with E-state index in [1.54, 1.807) is 30.6 Å². The van der Waals surface area contributed by atoms with E-state index < -0.39 is 0 Å². The van der Waals surface area contributed by atoms with Crippen molar-refractivity contribution in [3.05, 3.63) is 70.0 Å². The predicted octanol–water partition coefficient (Wildman–Crippen LogP) is 4.45. The van der Waals surface area contributed by atoms with Crippen LogP contribution < -0.4 is 15.0 Å². The van der Waals surface area contributed by atoms with Crippen molar-refractivity contribution in [2.24, 2.45) is 0 Å². The number of carbonyl (C=O) groups excluding carboxylic acids is 1. The third-order valence-electron chi connectivity index (χ3n) is 3.69. The lowest BCUT2D eigenvalue weighted by atomic mass is 10.2. The standard InChI is InChI=1S/C19H18ClN3O2S/c1-25-16-7-5-15(6-8-16)23(12-17-3-2-10-26-17)13-19(24)22-18-9-4-14(20)11-21-18/h2-11H,12-13H2,1H3,(H,21,22,24). The number of carbonyl (C=O) groups is 1. The molecule has 2 aromatic heterocycles. The topological polar surface area (TPSA) is 54.5 Å². The number of pyridine rings is 1. The fourth-order valence-electron chi connectivity index (χ4n) is 2.43. The van der Waals surface area contributed by atoms with Gasteiger partial charge in [-0.25, -0.2) is 4.98 Å². The highest BCUT2D eigenvalue weighted by molar-refractivity contribution is 7.09. The van der Waals surface area contributed by atoms with Crippen LogP contribution in [0.3, 0.4) is 0 Å². The monoisotopic (exact) mass is 387 g/mol. The lowest BCUT2D eigenvalue weighted by Crippen LogP contribution is -2.32. The average Bonchev–Trinajstić information content (AvgIpc) is 3.16. The number of thiophene rings is 1. The van der Waals surface area contributed by atoms with Crippen LogP contribution in [0.15, 0.2) is 60.1 Å². The second kappa shape index (κ2) is 8.69. The summed E-state index contributed by atoms with van der Waals surface area (Å²) in [4.78, 5) is 19.8. The van der Waals surface area contributed by atoms with Crippen LogP contribution in [0.2, 0.25) is 5.02 Å². The molecule has 0 atom stereocenters. The SMILES string of the molecule is COc1ccc(N(CC(=O)Nc2ccc(Cl)cn2)Cc2cccs2)cc1. The summed E-state index contributed by atoms with van der Waals surface area (Å²) in [6, 6.07) is 15.1. The van der Waals surface area contributed by atoms with Crippen molar-refractivity contribution >= 4 is 40.4 Å². The molecular weight excluding hydrogens is 370 g/mol. The summed E-state index contributed by atoms with van der Waals surface area (Å²) < 4.78 is 5.21. The van der Waals surface area contributed by atoms with Gasteiger partial charge in [0.05, 0.1) is 25.2 Å². The first-order valence-electron chi connectivity index (χ1n) is 7.97. The van der Waals surface area contributed by atoms with Crippen molar-refractivity contribution in [1.82, 2.24) is 4.98 Å². The summed E-state index contributed by atoms with van der Waals surface area (Å²) in [5.74, 6) is 1.11. The first kappa shape index (κ1) is 18.2. The minimum Gasteiger partial charge on any atom is -0.497 e. The molecule has 26 heavy (non-hydrogen) atoms. The van der Waals surface area contributed by atoms with E-state index in [0.717, 1.165) is 11.4 Å². The van der Waals surface area contributed by atoms with E-state index in [4.69, 9.17) is 16.3 Å². The molecule has 3 rings (SSSR count). The molecule has 2 heterocycles. The number of aromatic nitrogens is 1. The Morgan fingerprint density at radius 3 is 2.65 bits per heavy atom. The molecule has 1 aromatic carbocycles. The molecule has 134 valence electrons. The number of anilines is 2. The van der Waals surface area contributed by atoms with Gasteiger partial charge in [-0.05, 0) is 47.8 Å². The minimum atomic E-state index is -0.146. The van der Waals surface area contributed by atoms with Crippen molar-refractivity contribution < 1.29 is 9.53 Å². The Morgan fingerprint density at radius 1 is 1.23 bits per heavy atom. The number of ether oxygens (including phenoxy) is 1. The van der Waals surface area contributed by atoms with Crippen LogP contribution in [-0.2, 0) is 11.3 Å². The van der Waals surface area contributed by atoms with E-state index in [1.165, 1.54) is 11.1 Å². The third-order valence-corrected chi connectivity index (χ3v) is 4.78. The molecule has 1 N–H and O–H groups in total. The van der Waals surface area contributed by atoms with Crippen molar-refractivity contribution in [2.45, 2.75) is 6.54 Å². The van der Waals surface area contributed by atoms with Crippen molar-refractivity contribution in [3.63, 3.8) is 0 Å². The number of nitrogens with zero attached hydrogens (tertiary/aromatic N) is 2. The molecule has 0 fully saturated rings. The van der Waals surface area contributed by atoms with Gasteiger partial charge in [-0.15, -0.1) is 11.3 Å². The summed E-state index contributed by atoms with van der Waals surface area (Å²) in [6.45, 7) is 0.847. The van der Waals surface area contributed by atoms with Crippen LogP contribution in [-0.4, -0.2) is 24.5 Å². The van der Waals surface area contributed by atoms with Crippen LogP contribution >= 0.6 is 22.9 Å². The van der Waals surface area contributed by atoms with Crippen molar-refractivity contribution in [2.75, 3.05) is 23.9 Å². The van der Waals surface area contributed by atoms with Gasteiger partial charge in [0.2, 0.25) is 5.91 Å². The highest BCUT2D eigenvalue weighted by atomic mass is 35.5. The smallest absolute Gasteiger partial charge is 0.245 e. The zero-order chi connectivity index (χ0) is 18.4. The van der Waals surface area contributed by atoms with Crippen molar-refractivity contribution in [1.29, 1.82) is 0 Å². The molecule has 3 aromatic rings. The maximum atomic E-state index is 12.5. The van der Waals surface area contributed by atoms with Gasteiger partial charge in [0.25, 0.3) is 0 Å². The van der Waals surface area contributed by atoms with E-state index in [1.807, 2.05) is 40.6 Å². The van der Waals surface area contributed by atoms with Gasteiger partial charge in [-0.3, -0.25) is 4.79 Å². The van der Waals surface area contributed by atoms with Gasteiger partial charge < -0.3 is 15.0 Å². The van der Waals surface area contributed by atoms with Gasteiger partial charge in [0.15, 0.2) is 0 Å². The van der Waals surface area contributed by atoms with E-state index in [0.29, 0.717) is 17.4 Å². The maximum absolute atomic E-state index is 12.5. The summed E-state index contributed by atoms with van der Waals surface area (Å²) in [5, 5.41) is 5.36. The molecular formula is C19H18ClN3O2S. The van der Waals surface area contributed by atoms with E-state index >= 15 is 0 Å². The number of methoxy groups -OCH3 is 1. The molecule has 7 heteroatoms. The Hall–Kier alpha value is -2.57. The van der Waals surface area contributed by atoms with E-state index in [-0.39, 0.29) is 12.5 Å². The molecule has 0 unspecified atom stereocenters. The first-order chi connectivity index (χ1) is 12.6. The average molecular weight is 388 g/mol. The Labute approximate surface area is 161 Å². The molecule has 0 bridgehead atoms. The molecule has 0 aliphatic carbocycles. The first-order valence-corrected chi connectivity index (χ1v) is 9.22. The minimum absolute atomic E-state index is 0.146. The van der Waals surface area contributed by atoms with Crippen LogP contribution in [0.25, 0.3) is 0 Å². The number of benzene rings is 1. The van der Waals surface area contributed by atoms with Crippen LogP contribution in [0, 0.1) is 0 Å². The Bertz CT molecular complexity index is 836. The highest BCUT2D eigenvalue weighted by Gasteiger charge is 2.14. The fraction of sp³-hybridized carbons (Fsp3) is 0.158. The zero-order valence-electron chi connectivity index (χ0n) is 14.2. The van der Waals surface area contributed by atoms with Crippen LogP contribution in [0.1, 0.15) is 4.88 Å². The van der Waals surface area contributed by atoms with Gasteiger partial charge in [0.1, 0.15) is 11.6 Å². The highest BCUT2D eigenvalue weighted by Crippen LogP contribution is 2.22. The van der Waals surface area contributed by atoms with Gasteiger partial charge in [-0.2, -0.15) is 0 Å². The zero-order valence-corrected chi connectivity index (χ0v) is 15.8. The lowest BCUT2D eigenvalue weighted by molar-refractivity contribution is -0.115. The largest absolute Gasteiger partial charge is 0.497 e. The Kier molecular flexibility index (Phi) is 6.09. The normalized spacial score (nSPS) is 10.4. The summed E-state index contributed by atoms with van der Waals surface area (Å²) in [5.41, 5.74) is 0.943. The molecule has 0 saturated carbocycles. The van der Waals surface area contributed by atoms with Crippen LogP contribution in [0.5, 0.6) is 5.75 Å². The van der Waals surface area contributed by atoms with Gasteiger partial charge in [-0.1, -0.05) is 17.7 Å². The van der Waals surface area contributed by atoms with Gasteiger partial charge >= 0.3 is 0 Å². The summed E-state index contributed by atoms with van der Waals surface area (Å²) >= 11 is 7.49. The van der Waals surface area contributed by atoms with Crippen molar-refractivity contribution in [3.8, 4) is 5.75 Å². The predicted molar refractivity (Wildman–Crippen MR) is 106 cm³/mol. The molecule has 0 aliphatic rings. The number of amides is 1. The molecule has 5 nitrogen and oxygen atoms in total. The van der Waals surface area contributed by atoms with E-state index in [9.17, 15) is 4.79 Å². The Balaban J connectivity index is 1.73. The van der Waals surface area contributed by atoms with Crippen LogP contribution in [0.4, 0.5) is 11.5 Å².